The van der Waals surface area contributed by atoms with E-state index >= 15 is 0 Å². The molecule has 5 nitrogen and oxygen atoms in total. The third-order valence-corrected chi connectivity index (χ3v) is 4.24. The zero-order valence-corrected chi connectivity index (χ0v) is 13.4. The lowest BCUT2D eigenvalue weighted by Crippen LogP contribution is -2.27. The van der Waals surface area contributed by atoms with Crippen molar-refractivity contribution in [1.82, 2.24) is 0 Å². The van der Waals surface area contributed by atoms with Crippen molar-refractivity contribution in [2.24, 2.45) is 5.92 Å². The predicted octanol–water partition coefficient (Wildman–Crippen LogP) is 3.01. The maximum atomic E-state index is 12.8. The predicted molar refractivity (Wildman–Crippen MR) is 89.4 cm³/mol. The van der Waals surface area contributed by atoms with Crippen LogP contribution in [-0.4, -0.2) is 29.3 Å². The van der Waals surface area contributed by atoms with Crippen molar-refractivity contribution in [2.45, 2.75) is 6.42 Å². The monoisotopic (exact) mass is 343 g/mol. The summed E-state index contributed by atoms with van der Waals surface area (Å²) in [5.74, 6) is -2.37. The second-order valence-electron chi connectivity index (χ2n) is 5.60. The first-order chi connectivity index (χ1) is 11.5. The number of amides is 1. The maximum absolute atomic E-state index is 12.8. The molecule has 1 fully saturated rings. The number of carboxylic acids is 1. The van der Waals surface area contributed by atoms with E-state index in [1.54, 1.807) is 42.5 Å². The largest absolute Gasteiger partial charge is 0.481 e. The average molecular weight is 344 g/mol. The minimum absolute atomic E-state index is 0.0465. The molecule has 0 aliphatic carbocycles. The summed E-state index contributed by atoms with van der Waals surface area (Å²) in [4.78, 5) is 37.5. The Morgan fingerprint density at radius 1 is 1.12 bits per heavy atom. The summed E-state index contributed by atoms with van der Waals surface area (Å²) < 4.78 is 0. The molecule has 0 aromatic heterocycles. The van der Waals surface area contributed by atoms with Crippen LogP contribution in [0.4, 0.5) is 5.69 Å². The van der Waals surface area contributed by atoms with Gasteiger partial charge in [-0.15, -0.1) is 0 Å². The van der Waals surface area contributed by atoms with Crippen LogP contribution in [0.25, 0.3) is 0 Å². The smallest absolute Gasteiger partial charge is 0.308 e. The van der Waals surface area contributed by atoms with E-state index in [1.165, 1.54) is 11.0 Å². The second kappa shape index (κ2) is 6.45. The molecule has 2 aromatic carbocycles. The number of aliphatic carboxylic acids is 1. The van der Waals surface area contributed by atoms with E-state index in [9.17, 15) is 14.4 Å². The van der Waals surface area contributed by atoms with Gasteiger partial charge in [0.2, 0.25) is 5.91 Å². The van der Waals surface area contributed by atoms with E-state index in [2.05, 4.69) is 0 Å². The van der Waals surface area contributed by atoms with Crippen LogP contribution in [0, 0.1) is 5.92 Å². The summed E-state index contributed by atoms with van der Waals surface area (Å²) in [7, 11) is 0. The van der Waals surface area contributed by atoms with Crippen LogP contribution >= 0.6 is 11.6 Å². The second-order valence-corrected chi connectivity index (χ2v) is 6.04. The third kappa shape index (κ3) is 3.03. The molecule has 24 heavy (non-hydrogen) atoms. The van der Waals surface area contributed by atoms with Gasteiger partial charge in [-0.05, 0) is 18.2 Å². The number of nitrogens with zero attached hydrogens (tertiary/aromatic N) is 1. The number of carbonyl (C=O) groups excluding carboxylic acids is 2. The van der Waals surface area contributed by atoms with Gasteiger partial charge in [-0.2, -0.15) is 0 Å². The first-order valence-electron chi connectivity index (χ1n) is 7.40. The lowest BCUT2D eigenvalue weighted by molar-refractivity contribution is -0.141. The highest BCUT2D eigenvalue weighted by atomic mass is 35.5. The lowest BCUT2D eigenvalue weighted by atomic mass is 10.0. The number of rotatable bonds is 4. The van der Waals surface area contributed by atoms with Gasteiger partial charge in [-0.3, -0.25) is 14.4 Å². The first kappa shape index (κ1) is 16.2. The average Bonchev–Trinajstić information content (AvgIpc) is 2.97. The van der Waals surface area contributed by atoms with E-state index in [0.29, 0.717) is 16.3 Å². The van der Waals surface area contributed by atoms with Gasteiger partial charge < -0.3 is 10.0 Å². The molecule has 0 spiro atoms. The van der Waals surface area contributed by atoms with Gasteiger partial charge in [0, 0.05) is 29.1 Å². The summed E-state index contributed by atoms with van der Waals surface area (Å²) >= 11 is 6.02. The van der Waals surface area contributed by atoms with Crippen molar-refractivity contribution in [3.8, 4) is 0 Å². The summed E-state index contributed by atoms with van der Waals surface area (Å²) in [5, 5.41) is 9.50. The van der Waals surface area contributed by atoms with Crippen molar-refractivity contribution >= 4 is 34.9 Å². The summed E-state index contributed by atoms with van der Waals surface area (Å²) in [6, 6.07) is 13.3. The molecule has 6 heteroatoms. The van der Waals surface area contributed by atoms with E-state index in [1.807, 2.05) is 0 Å². The van der Waals surface area contributed by atoms with Crippen molar-refractivity contribution in [2.75, 3.05) is 11.4 Å². The number of benzene rings is 2. The summed E-state index contributed by atoms with van der Waals surface area (Å²) in [6.45, 7) is 0.0465. The first-order valence-corrected chi connectivity index (χ1v) is 7.77. The molecule has 1 atom stereocenters. The minimum Gasteiger partial charge on any atom is -0.481 e. The van der Waals surface area contributed by atoms with E-state index in [0.717, 1.165) is 0 Å². The Kier molecular flexibility index (Phi) is 4.36. The number of carbonyl (C=O) groups is 3. The Morgan fingerprint density at radius 3 is 2.46 bits per heavy atom. The van der Waals surface area contributed by atoms with Crippen molar-refractivity contribution in [3.63, 3.8) is 0 Å². The van der Waals surface area contributed by atoms with Crippen LogP contribution in [0.1, 0.15) is 22.3 Å². The van der Waals surface area contributed by atoms with Crippen LogP contribution < -0.4 is 4.90 Å². The van der Waals surface area contributed by atoms with Crippen molar-refractivity contribution in [3.05, 3.63) is 64.7 Å². The van der Waals surface area contributed by atoms with Crippen LogP contribution in [0.2, 0.25) is 5.02 Å². The molecule has 3 rings (SSSR count). The van der Waals surface area contributed by atoms with Gasteiger partial charge in [-0.25, -0.2) is 0 Å². The van der Waals surface area contributed by atoms with Crippen molar-refractivity contribution in [1.29, 1.82) is 0 Å². The number of ketones is 1. The molecule has 1 heterocycles. The number of halogens is 1. The third-order valence-electron chi connectivity index (χ3n) is 4.00. The molecule has 1 N–H and O–H groups in total. The Morgan fingerprint density at radius 2 is 1.83 bits per heavy atom. The summed E-state index contributed by atoms with van der Waals surface area (Å²) in [6.07, 6.45) is -0.0725. The highest BCUT2D eigenvalue weighted by Gasteiger charge is 2.36. The zero-order chi connectivity index (χ0) is 17.3. The molecule has 0 radical (unpaired) electrons. The molecular weight excluding hydrogens is 330 g/mol. The standard InChI is InChI=1S/C18H14ClNO4/c19-13-6-7-15(20-10-12(18(23)24)8-16(20)21)14(9-13)17(22)11-4-2-1-3-5-11/h1-7,9,12H,8,10H2,(H,23,24). The fraction of sp³-hybridized carbons (Fsp3) is 0.167. The lowest BCUT2D eigenvalue weighted by Gasteiger charge is -2.20. The summed E-state index contributed by atoms with van der Waals surface area (Å²) in [5.41, 5.74) is 1.15. The van der Waals surface area contributed by atoms with Gasteiger partial charge >= 0.3 is 5.97 Å². The van der Waals surface area contributed by atoms with Gasteiger partial charge in [0.05, 0.1) is 11.6 Å². The molecule has 1 unspecified atom stereocenters. The maximum Gasteiger partial charge on any atom is 0.308 e. The van der Waals surface area contributed by atoms with Crippen LogP contribution in [-0.2, 0) is 9.59 Å². The normalized spacial score (nSPS) is 17.1. The van der Waals surface area contributed by atoms with E-state index < -0.39 is 11.9 Å². The topological polar surface area (TPSA) is 74.7 Å². The quantitative estimate of drug-likeness (QED) is 0.866. The van der Waals surface area contributed by atoms with Crippen molar-refractivity contribution < 1.29 is 19.5 Å². The number of anilines is 1. The Hall–Kier alpha value is -2.66. The zero-order valence-electron chi connectivity index (χ0n) is 12.6. The molecule has 0 bridgehead atoms. The highest BCUT2D eigenvalue weighted by Crippen LogP contribution is 2.31. The number of hydrogen-bond acceptors (Lipinski definition) is 3. The van der Waals surface area contributed by atoms with Gasteiger partial charge in [0.15, 0.2) is 5.78 Å². The minimum atomic E-state index is -1.02. The van der Waals surface area contributed by atoms with Gasteiger partial charge in [0.25, 0.3) is 0 Å². The molecule has 1 saturated heterocycles. The molecule has 0 saturated carbocycles. The molecule has 1 aliphatic heterocycles. The molecule has 2 aromatic rings. The van der Waals surface area contributed by atoms with Gasteiger partial charge in [-0.1, -0.05) is 41.9 Å². The van der Waals surface area contributed by atoms with Crippen LogP contribution in [0.5, 0.6) is 0 Å². The molecular formula is C18H14ClNO4. The highest BCUT2D eigenvalue weighted by molar-refractivity contribution is 6.31. The molecule has 122 valence electrons. The van der Waals surface area contributed by atoms with Crippen LogP contribution in [0.3, 0.4) is 0 Å². The Balaban J connectivity index is 2.02. The van der Waals surface area contributed by atoms with Gasteiger partial charge in [0.1, 0.15) is 0 Å². The van der Waals surface area contributed by atoms with Crippen LogP contribution in [0.15, 0.2) is 48.5 Å². The Bertz CT molecular complexity index is 819. The van der Waals surface area contributed by atoms with E-state index in [-0.39, 0.29) is 30.2 Å². The molecule has 1 amide bonds. The number of hydrogen-bond donors (Lipinski definition) is 1. The fourth-order valence-corrected chi connectivity index (χ4v) is 2.95. The Labute approximate surface area is 143 Å². The fourth-order valence-electron chi connectivity index (χ4n) is 2.78. The SMILES string of the molecule is O=C(c1ccccc1)c1cc(Cl)ccc1N1CC(C(=O)O)CC1=O. The van der Waals surface area contributed by atoms with E-state index in [4.69, 9.17) is 16.7 Å². The molecule has 1 aliphatic rings. The number of carboxylic acid groups (broad SMARTS) is 1.